The summed E-state index contributed by atoms with van der Waals surface area (Å²) >= 11 is 0. The fraction of sp³-hybridized carbons (Fsp3) is 0.889. The Hall–Kier alpha value is -0.530. The van der Waals surface area contributed by atoms with Crippen molar-refractivity contribution >= 4 is 5.97 Å². The van der Waals surface area contributed by atoms with E-state index in [2.05, 4.69) is 6.92 Å². The van der Waals surface area contributed by atoms with Crippen molar-refractivity contribution in [2.75, 3.05) is 6.61 Å². The van der Waals surface area contributed by atoms with Gasteiger partial charge >= 0.3 is 5.97 Å². The molecule has 0 amide bonds. The lowest BCUT2D eigenvalue weighted by molar-refractivity contribution is -0.137. The van der Waals surface area contributed by atoms with Crippen LogP contribution < -0.4 is 0 Å². The van der Waals surface area contributed by atoms with Gasteiger partial charge in [0.1, 0.15) is 0 Å². The monoisotopic (exact) mass is 156 g/mol. The fourth-order valence-corrected chi connectivity index (χ4v) is 1.43. The van der Waals surface area contributed by atoms with Gasteiger partial charge in [-0.15, -0.1) is 0 Å². The molecule has 0 aromatic carbocycles. The molecule has 1 fully saturated rings. The van der Waals surface area contributed by atoms with Crippen LogP contribution in [0.25, 0.3) is 0 Å². The minimum Gasteiger partial charge on any atom is -0.465 e. The van der Waals surface area contributed by atoms with Gasteiger partial charge in [-0.25, -0.2) is 0 Å². The molecule has 0 aromatic rings. The van der Waals surface area contributed by atoms with Crippen molar-refractivity contribution < 1.29 is 9.53 Å². The van der Waals surface area contributed by atoms with Crippen LogP contribution >= 0.6 is 0 Å². The molecule has 1 aliphatic heterocycles. The van der Waals surface area contributed by atoms with Crippen molar-refractivity contribution in [2.24, 2.45) is 5.92 Å². The predicted octanol–water partition coefficient (Wildman–Crippen LogP) is 2.13. The van der Waals surface area contributed by atoms with Gasteiger partial charge in [0.05, 0.1) is 13.0 Å². The van der Waals surface area contributed by atoms with Crippen LogP contribution in [-0.4, -0.2) is 12.6 Å². The van der Waals surface area contributed by atoms with Gasteiger partial charge in [-0.2, -0.15) is 0 Å². The van der Waals surface area contributed by atoms with Crippen molar-refractivity contribution in [1.29, 1.82) is 0 Å². The van der Waals surface area contributed by atoms with Gasteiger partial charge in [0.15, 0.2) is 0 Å². The Balaban J connectivity index is 2.04. The van der Waals surface area contributed by atoms with Gasteiger partial charge < -0.3 is 4.74 Å². The summed E-state index contributed by atoms with van der Waals surface area (Å²) in [6.07, 6.45) is 5.60. The molecular weight excluding hydrogens is 140 g/mol. The lowest BCUT2D eigenvalue weighted by Crippen LogP contribution is -1.98. The lowest BCUT2D eigenvalue weighted by Gasteiger charge is -2.03. The van der Waals surface area contributed by atoms with Crippen molar-refractivity contribution in [3.63, 3.8) is 0 Å². The summed E-state index contributed by atoms with van der Waals surface area (Å²) in [7, 11) is 0. The van der Waals surface area contributed by atoms with Crippen molar-refractivity contribution in [3.05, 3.63) is 0 Å². The number of cyclic esters (lactones) is 1. The average molecular weight is 156 g/mol. The molecule has 1 atom stereocenters. The van der Waals surface area contributed by atoms with Gasteiger partial charge in [0, 0.05) is 5.92 Å². The second-order valence-electron chi connectivity index (χ2n) is 3.25. The first-order valence-corrected chi connectivity index (χ1v) is 4.48. The molecule has 0 aliphatic carbocycles. The number of carbonyl (C=O) groups is 1. The number of ether oxygens (including phenoxy) is 1. The topological polar surface area (TPSA) is 26.3 Å². The third kappa shape index (κ3) is 2.91. The molecule has 0 N–H and O–H groups in total. The van der Waals surface area contributed by atoms with Gasteiger partial charge in [0.25, 0.3) is 0 Å². The molecule has 1 heterocycles. The van der Waals surface area contributed by atoms with E-state index in [1.54, 1.807) is 0 Å². The van der Waals surface area contributed by atoms with E-state index in [1.165, 1.54) is 25.7 Å². The van der Waals surface area contributed by atoms with E-state index in [-0.39, 0.29) is 5.97 Å². The van der Waals surface area contributed by atoms with Crippen LogP contribution in [-0.2, 0) is 9.53 Å². The summed E-state index contributed by atoms with van der Waals surface area (Å²) in [4.78, 5) is 10.7. The quantitative estimate of drug-likeness (QED) is 0.460. The van der Waals surface area contributed by atoms with Gasteiger partial charge in [-0.05, 0) is 6.42 Å². The third-order valence-corrected chi connectivity index (χ3v) is 2.15. The van der Waals surface area contributed by atoms with Gasteiger partial charge in [-0.1, -0.05) is 26.2 Å². The maximum Gasteiger partial charge on any atom is 0.306 e. The zero-order valence-electron chi connectivity index (χ0n) is 7.14. The zero-order valence-corrected chi connectivity index (χ0v) is 7.14. The van der Waals surface area contributed by atoms with E-state index in [0.717, 1.165) is 0 Å². The molecule has 0 spiro atoms. The van der Waals surface area contributed by atoms with Crippen LogP contribution in [0.1, 0.15) is 39.0 Å². The molecule has 2 heteroatoms. The second-order valence-corrected chi connectivity index (χ2v) is 3.25. The number of rotatable bonds is 4. The Kier molecular flexibility index (Phi) is 3.40. The number of hydrogen-bond acceptors (Lipinski definition) is 2. The third-order valence-electron chi connectivity index (χ3n) is 2.15. The number of hydrogen-bond donors (Lipinski definition) is 0. The number of esters is 1. The molecule has 0 aromatic heterocycles. The summed E-state index contributed by atoms with van der Waals surface area (Å²) in [6, 6.07) is 0. The molecule has 1 aliphatic rings. The summed E-state index contributed by atoms with van der Waals surface area (Å²) in [5.74, 6) is 0.514. The van der Waals surface area contributed by atoms with Crippen LogP contribution in [0, 0.1) is 5.92 Å². The maximum atomic E-state index is 10.7. The van der Waals surface area contributed by atoms with Crippen LogP contribution in [0.5, 0.6) is 0 Å². The highest BCUT2D eigenvalue weighted by molar-refractivity contribution is 5.71. The molecule has 1 saturated heterocycles. The van der Waals surface area contributed by atoms with E-state index < -0.39 is 0 Å². The van der Waals surface area contributed by atoms with Gasteiger partial charge in [-0.3, -0.25) is 4.79 Å². The molecule has 1 unspecified atom stereocenters. The Labute approximate surface area is 67.9 Å². The minimum absolute atomic E-state index is 0.00787. The Morgan fingerprint density at radius 1 is 1.55 bits per heavy atom. The van der Waals surface area contributed by atoms with E-state index in [1.807, 2.05) is 0 Å². The number of unbranched alkanes of at least 4 members (excludes halogenated alkanes) is 2. The number of carbonyl (C=O) groups excluding carboxylic acids is 1. The van der Waals surface area contributed by atoms with Crippen molar-refractivity contribution in [1.82, 2.24) is 0 Å². The largest absolute Gasteiger partial charge is 0.465 e. The van der Waals surface area contributed by atoms with Crippen LogP contribution in [0.4, 0.5) is 0 Å². The van der Waals surface area contributed by atoms with Crippen molar-refractivity contribution in [2.45, 2.75) is 39.0 Å². The minimum atomic E-state index is -0.00787. The maximum absolute atomic E-state index is 10.7. The predicted molar refractivity (Wildman–Crippen MR) is 43.2 cm³/mol. The standard InChI is InChI=1S/C9H16O2/c1-2-3-4-5-8-6-9(10)11-7-8/h8H,2-7H2,1H3. The molecule has 0 saturated carbocycles. The SMILES string of the molecule is CCCCCC1COC(=O)C1. The van der Waals surface area contributed by atoms with E-state index in [0.29, 0.717) is 18.9 Å². The van der Waals surface area contributed by atoms with E-state index >= 15 is 0 Å². The Morgan fingerprint density at radius 3 is 2.91 bits per heavy atom. The first-order valence-electron chi connectivity index (χ1n) is 4.48. The summed E-state index contributed by atoms with van der Waals surface area (Å²) in [5, 5.41) is 0. The first kappa shape index (κ1) is 8.57. The van der Waals surface area contributed by atoms with Crippen molar-refractivity contribution in [3.8, 4) is 0 Å². The molecular formula is C9H16O2. The molecule has 0 bridgehead atoms. The van der Waals surface area contributed by atoms with Crippen LogP contribution in [0.2, 0.25) is 0 Å². The molecule has 0 radical (unpaired) electrons. The Bertz CT molecular complexity index is 132. The highest BCUT2D eigenvalue weighted by Crippen LogP contribution is 2.20. The smallest absolute Gasteiger partial charge is 0.306 e. The summed E-state index contributed by atoms with van der Waals surface area (Å²) < 4.78 is 4.86. The average Bonchev–Trinajstić information content (AvgIpc) is 2.37. The van der Waals surface area contributed by atoms with Gasteiger partial charge in [0.2, 0.25) is 0 Å². The fourth-order valence-electron chi connectivity index (χ4n) is 1.43. The molecule has 2 nitrogen and oxygen atoms in total. The van der Waals surface area contributed by atoms with Crippen LogP contribution in [0.15, 0.2) is 0 Å². The highest BCUT2D eigenvalue weighted by atomic mass is 16.5. The molecule has 1 rings (SSSR count). The van der Waals surface area contributed by atoms with E-state index in [4.69, 9.17) is 4.74 Å². The first-order chi connectivity index (χ1) is 5.33. The van der Waals surface area contributed by atoms with Crippen LogP contribution in [0.3, 0.4) is 0 Å². The van der Waals surface area contributed by atoms with E-state index in [9.17, 15) is 4.79 Å². The highest BCUT2D eigenvalue weighted by Gasteiger charge is 2.22. The summed E-state index contributed by atoms with van der Waals surface area (Å²) in [6.45, 7) is 2.86. The summed E-state index contributed by atoms with van der Waals surface area (Å²) in [5.41, 5.74) is 0. The Morgan fingerprint density at radius 2 is 2.36 bits per heavy atom. The zero-order chi connectivity index (χ0) is 8.10. The molecule has 64 valence electrons. The lowest BCUT2D eigenvalue weighted by atomic mass is 10.0. The normalized spacial score (nSPS) is 23.7. The molecule has 11 heavy (non-hydrogen) atoms. The second kappa shape index (κ2) is 4.37.